The Labute approximate surface area is 160 Å². The first-order chi connectivity index (χ1) is 13.2. The van der Waals surface area contributed by atoms with Gasteiger partial charge >= 0.3 is 5.97 Å². The smallest absolute Gasteiger partial charge is 0.330 e. The number of carbonyl (C=O) groups is 1. The van der Waals surface area contributed by atoms with Crippen LogP contribution in [0.3, 0.4) is 0 Å². The van der Waals surface area contributed by atoms with Crippen LogP contribution in [0.15, 0.2) is 55.1 Å². The number of benzene rings is 2. The van der Waals surface area contributed by atoms with E-state index in [-0.39, 0.29) is 26.4 Å². The quantitative estimate of drug-likeness (QED) is 0.370. The van der Waals surface area contributed by atoms with Crippen LogP contribution >= 0.6 is 0 Å². The molecule has 0 aliphatic rings. The molecule has 27 heavy (non-hydrogen) atoms. The van der Waals surface area contributed by atoms with Gasteiger partial charge in [-0.3, -0.25) is 0 Å². The summed E-state index contributed by atoms with van der Waals surface area (Å²) in [5.74, 6) is 1.06. The Hall–Kier alpha value is -2.79. The summed E-state index contributed by atoms with van der Waals surface area (Å²) in [5.41, 5.74) is 3.19. The van der Waals surface area contributed by atoms with Gasteiger partial charge in [0.05, 0.1) is 6.61 Å². The molecule has 0 saturated carbocycles. The largest absolute Gasteiger partial charge is 0.491 e. The molecule has 0 bridgehead atoms. The van der Waals surface area contributed by atoms with E-state index in [0.29, 0.717) is 0 Å². The first-order valence-corrected chi connectivity index (χ1v) is 9.07. The molecule has 0 aliphatic heterocycles. The number of hydrogen-bond donors (Lipinski definition) is 1. The maximum Gasteiger partial charge on any atom is 0.330 e. The highest BCUT2D eigenvalue weighted by molar-refractivity contribution is 5.81. The lowest BCUT2D eigenvalue weighted by Crippen LogP contribution is -2.11. The third-order valence-electron chi connectivity index (χ3n) is 3.89. The topological polar surface area (TPSA) is 65.0 Å². The average molecular weight is 370 g/mol. The summed E-state index contributed by atoms with van der Waals surface area (Å²) in [4.78, 5) is 11.1. The van der Waals surface area contributed by atoms with Gasteiger partial charge in [-0.1, -0.05) is 44.2 Å². The number of aliphatic hydroxyl groups is 1. The maximum absolute atomic E-state index is 11.1. The lowest BCUT2D eigenvalue weighted by molar-refractivity contribution is -0.138. The van der Waals surface area contributed by atoms with Crippen LogP contribution in [0.4, 0.5) is 0 Å². The van der Waals surface area contributed by atoms with E-state index in [0.717, 1.165) is 47.1 Å². The molecule has 5 heteroatoms. The van der Waals surface area contributed by atoms with Gasteiger partial charge in [-0.05, 0) is 41.3 Å². The molecule has 0 atom stereocenters. The van der Waals surface area contributed by atoms with Crippen molar-refractivity contribution in [3.63, 3.8) is 0 Å². The average Bonchev–Trinajstić information content (AvgIpc) is 2.71. The Balaban J connectivity index is 2.10. The van der Waals surface area contributed by atoms with Crippen LogP contribution in [0.1, 0.15) is 18.9 Å². The van der Waals surface area contributed by atoms with Gasteiger partial charge in [0, 0.05) is 6.08 Å². The number of aliphatic hydroxyl groups excluding tert-OH is 1. The van der Waals surface area contributed by atoms with Crippen LogP contribution in [0.2, 0.25) is 0 Å². The molecule has 0 radical (unpaired) electrons. The number of esters is 1. The third-order valence-corrected chi connectivity index (χ3v) is 3.89. The minimum Gasteiger partial charge on any atom is -0.491 e. The Morgan fingerprint density at radius 2 is 1.78 bits per heavy atom. The highest BCUT2D eigenvalue weighted by Crippen LogP contribution is 2.29. The molecule has 5 nitrogen and oxygen atoms in total. The SMILES string of the molecule is C=CC(=O)OCCOc1cc(-c2ccc(OCCO)cc2)ccc1CCC. The minimum atomic E-state index is -0.454. The van der Waals surface area contributed by atoms with E-state index < -0.39 is 5.97 Å². The van der Waals surface area contributed by atoms with E-state index >= 15 is 0 Å². The zero-order chi connectivity index (χ0) is 19.5. The van der Waals surface area contributed by atoms with E-state index in [1.807, 2.05) is 30.3 Å². The second-order valence-corrected chi connectivity index (χ2v) is 5.89. The molecular weight excluding hydrogens is 344 g/mol. The van der Waals surface area contributed by atoms with E-state index in [4.69, 9.17) is 19.3 Å². The highest BCUT2D eigenvalue weighted by atomic mass is 16.6. The summed E-state index contributed by atoms with van der Waals surface area (Å²) >= 11 is 0. The predicted octanol–water partition coefficient (Wildman–Crippen LogP) is 3.79. The van der Waals surface area contributed by atoms with Crippen molar-refractivity contribution in [1.82, 2.24) is 0 Å². The van der Waals surface area contributed by atoms with Gasteiger partial charge in [0.25, 0.3) is 0 Å². The molecule has 0 spiro atoms. The normalized spacial score (nSPS) is 10.3. The summed E-state index contributed by atoms with van der Waals surface area (Å²) in [6, 6.07) is 13.8. The van der Waals surface area contributed by atoms with Crippen molar-refractivity contribution in [3.05, 3.63) is 60.7 Å². The molecule has 2 aromatic rings. The van der Waals surface area contributed by atoms with Crippen molar-refractivity contribution in [3.8, 4) is 22.6 Å². The molecular formula is C22H26O5. The van der Waals surface area contributed by atoms with Gasteiger partial charge in [0.2, 0.25) is 0 Å². The van der Waals surface area contributed by atoms with E-state index in [1.165, 1.54) is 0 Å². The molecule has 0 aliphatic carbocycles. The highest BCUT2D eigenvalue weighted by Gasteiger charge is 2.08. The fourth-order valence-corrected chi connectivity index (χ4v) is 2.60. The van der Waals surface area contributed by atoms with E-state index in [9.17, 15) is 4.79 Å². The Kier molecular flexibility index (Phi) is 8.39. The summed E-state index contributed by atoms with van der Waals surface area (Å²) in [6.07, 6.45) is 3.06. The Bertz CT molecular complexity index is 737. The van der Waals surface area contributed by atoms with Gasteiger partial charge in [-0.15, -0.1) is 0 Å². The fourth-order valence-electron chi connectivity index (χ4n) is 2.60. The van der Waals surface area contributed by atoms with Crippen molar-refractivity contribution in [2.45, 2.75) is 19.8 Å². The number of carbonyl (C=O) groups excluding carboxylic acids is 1. The first-order valence-electron chi connectivity index (χ1n) is 9.07. The molecule has 2 aromatic carbocycles. The van der Waals surface area contributed by atoms with Crippen molar-refractivity contribution >= 4 is 5.97 Å². The monoisotopic (exact) mass is 370 g/mol. The lowest BCUT2D eigenvalue weighted by Gasteiger charge is -2.13. The molecule has 0 heterocycles. The molecule has 0 saturated heterocycles. The molecule has 0 unspecified atom stereocenters. The molecule has 2 rings (SSSR count). The third kappa shape index (κ3) is 6.46. The summed E-state index contributed by atoms with van der Waals surface area (Å²) in [7, 11) is 0. The molecule has 0 fully saturated rings. The molecule has 0 amide bonds. The van der Waals surface area contributed by atoms with Gasteiger partial charge < -0.3 is 19.3 Å². The lowest BCUT2D eigenvalue weighted by atomic mass is 10.0. The molecule has 1 N–H and O–H groups in total. The van der Waals surface area contributed by atoms with Crippen LogP contribution in [-0.4, -0.2) is 37.5 Å². The van der Waals surface area contributed by atoms with Crippen LogP contribution in [-0.2, 0) is 16.0 Å². The summed E-state index contributed by atoms with van der Waals surface area (Å²) in [6.45, 7) is 6.22. The van der Waals surface area contributed by atoms with Crippen LogP contribution in [0.25, 0.3) is 11.1 Å². The van der Waals surface area contributed by atoms with Gasteiger partial charge in [-0.2, -0.15) is 0 Å². The second-order valence-electron chi connectivity index (χ2n) is 5.89. The van der Waals surface area contributed by atoms with Crippen LogP contribution in [0, 0.1) is 0 Å². The maximum atomic E-state index is 11.1. The minimum absolute atomic E-state index is 0.0105. The fraction of sp³-hybridized carbons (Fsp3) is 0.318. The molecule has 0 aromatic heterocycles. The van der Waals surface area contributed by atoms with Crippen LogP contribution < -0.4 is 9.47 Å². The number of aryl methyl sites for hydroxylation is 1. The Morgan fingerprint density at radius 3 is 2.44 bits per heavy atom. The van der Waals surface area contributed by atoms with Gasteiger partial charge in [-0.25, -0.2) is 4.79 Å². The molecule has 144 valence electrons. The zero-order valence-electron chi connectivity index (χ0n) is 15.6. The summed E-state index contributed by atoms with van der Waals surface area (Å²) in [5, 5.41) is 8.82. The predicted molar refractivity (Wildman–Crippen MR) is 105 cm³/mol. The van der Waals surface area contributed by atoms with Crippen molar-refractivity contribution < 1.29 is 24.1 Å². The summed E-state index contributed by atoms with van der Waals surface area (Å²) < 4.78 is 16.2. The standard InChI is InChI=1S/C22H26O5/c1-3-5-18-6-7-19(16-21(18)26-14-15-27-22(24)4-2)17-8-10-20(11-9-17)25-13-12-23/h4,6-11,16,23H,2-3,5,12-15H2,1H3. The van der Waals surface area contributed by atoms with Crippen molar-refractivity contribution in [2.75, 3.05) is 26.4 Å². The zero-order valence-corrected chi connectivity index (χ0v) is 15.6. The van der Waals surface area contributed by atoms with Crippen LogP contribution in [0.5, 0.6) is 11.5 Å². The number of ether oxygens (including phenoxy) is 3. The van der Waals surface area contributed by atoms with Crippen molar-refractivity contribution in [2.24, 2.45) is 0 Å². The Morgan fingerprint density at radius 1 is 1.04 bits per heavy atom. The first kappa shape index (κ1) is 20.5. The van der Waals surface area contributed by atoms with Gasteiger partial charge in [0.15, 0.2) is 0 Å². The van der Waals surface area contributed by atoms with Gasteiger partial charge in [0.1, 0.15) is 31.3 Å². The number of hydrogen-bond acceptors (Lipinski definition) is 5. The number of rotatable bonds is 11. The second kappa shape index (κ2) is 11.0. The van der Waals surface area contributed by atoms with E-state index in [2.05, 4.69) is 25.6 Å². The van der Waals surface area contributed by atoms with Crippen molar-refractivity contribution in [1.29, 1.82) is 0 Å². The van der Waals surface area contributed by atoms with E-state index in [1.54, 1.807) is 0 Å².